The van der Waals surface area contributed by atoms with Crippen LogP contribution in [0.4, 0.5) is 5.69 Å². The monoisotopic (exact) mass is 400 g/mol. The van der Waals surface area contributed by atoms with Crippen LogP contribution in [-0.2, 0) is 20.7 Å². The average Bonchev–Trinajstić information content (AvgIpc) is 2.68. The van der Waals surface area contributed by atoms with Crippen molar-refractivity contribution >= 4 is 29.3 Å². The molecule has 0 saturated heterocycles. The third kappa shape index (κ3) is 5.93. The fourth-order valence-electron chi connectivity index (χ4n) is 2.43. The Bertz CT molecular complexity index is 908. The van der Waals surface area contributed by atoms with E-state index in [1.165, 1.54) is 14.2 Å². The van der Waals surface area contributed by atoms with Crippen molar-refractivity contribution in [2.45, 2.75) is 18.2 Å². The Morgan fingerprint density at radius 2 is 1.86 bits per heavy atom. The minimum atomic E-state index is -0.528. The highest BCUT2D eigenvalue weighted by Gasteiger charge is 2.12. The number of anilines is 1. The lowest BCUT2D eigenvalue weighted by molar-refractivity contribution is -0.146. The van der Waals surface area contributed by atoms with Crippen molar-refractivity contribution in [3.8, 4) is 16.9 Å². The predicted molar refractivity (Wildman–Crippen MR) is 105 cm³/mol. The minimum Gasteiger partial charge on any atom is -0.493 e. The summed E-state index contributed by atoms with van der Waals surface area (Å²) in [5.74, 6) is 0.108. The summed E-state index contributed by atoms with van der Waals surface area (Å²) in [6.07, 6.45) is 0.00669. The first kappa shape index (κ1) is 21.1. The number of thioether (sulfide) groups is 1. The Labute approximate surface area is 167 Å². The van der Waals surface area contributed by atoms with Crippen molar-refractivity contribution < 1.29 is 23.8 Å². The van der Waals surface area contributed by atoms with E-state index in [9.17, 15) is 9.59 Å². The van der Waals surface area contributed by atoms with Gasteiger partial charge in [-0.1, -0.05) is 6.07 Å². The average molecular weight is 400 g/mol. The summed E-state index contributed by atoms with van der Waals surface area (Å²) in [6.45, 7) is 1.43. The fourth-order valence-corrected chi connectivity index (χ4v) is 2.91. The lowest BCUT2D eigenvalue weighted by Gasteiger charge is -2.11. The second-order valence-electron chi connectivity index (χ2n) is 5.75. The van der Waals surface area contributed by atoms with Crippen LogP contribution in [0.1, 0.15) is 11.1 Å². The molecule has 2 rings (SSSR count). The van der Waals surface area contributed by atoms with Crippen molar-refractivity contribution in [2.24, 2.45) is 0 Å². The van der Waals surface area contributed by atoms with Gasteiger partial charge in [0.2, 0.25) is 0 Å². The molecule has 28 heavy (non-hydrogen) atoms. The van der Waals surface area contributed by atoms with E-state index in [4.69, 9.17) is 19.5 Å². The summed E-state index contributed by atoms with van der Waals surface area (Å²) in [4.78, 5) is 24.8. The van der Waals surface area contributed by atoms with Crippen molar-refractivity contribution in [3.63, 3.8) is 0 Å². The molecule has 2 aromatic carbocycles. The molecule has 0 aliphatic rings. The van der Waals surface area contributed by atoms with Crippen LogP contribution in [0.5, 0.6) is 11.5 Å². The SMILES string of the molecule is COc1ccc(CC(=O)OCC(=O)Nc2ccc(SC#N)cc2C)cc1OC. The highest BCUT2D eigenvalue weighted by molar-refractivity contribution is 8.03. The van der Waals surface area contributed by atoms with E-state index in [-0.39, 0.29) is 13.0 Å². The fraction of sp³-hybridized carbons (Fsp3) is 0.250. The summed E-state index contributed by atoms with van der Waals surface area (Å²) in [5, 5.41) is 13.4. The number of benzene rings is 2. The first-order chi connectivity index (χ1) is 13.5. The molecule has 0 bridgehead atoms. The van der Waals surface area contributed by atoms with Crippen molar-refractivity contribution in [1.29, 1.82) is 5.26 Å². The number of aryl methyl sites for hydroxylation is 1. The van der Waals surface area contributed by atoms with Gasteiger partial charge in [-0.05, 0) is 60.1 Å². The second-order valence-corrected chi connectivity index (χ2v) is 6.60. The van der Waals surface area contributed by atoms with E-state index in [0.29, 0.717) is 22.7 Å². The summed E-state index contributed by atoms with van der Waals surface area (Å²) in [6, 6.07) is 10.4. The van der Waals surface area contributed by atoms with E-state index in [0.717, 1.165) is 22.2 Å². The van der Waals surface area contributed by atoms with Crippen LogP contribution >= 0.6 is 11.8 Å². The Morgan fingerprint density at radius 1 is 1.11 bits per heavy atom. The smallest absolute Gasteiger partial charge is 0.310 e. The standard InChI is InChI=1S/C20H20N2O5S/c1-13-8-15(28-12-21)5-6-16(13)22-19(23)11-27-20(24)10-14-4-7-17(25-2)18(9-14)26-3/h4-9H,10-11H2,1-3H3,(H,22,23). The normalized spacial score (nSPS) is 9.93. The third-order valence-corrected chi connectivity index (χ3v) is 4.38. The van der Waals surface area contributed by atoms with Crippen molar-refractivity contribution in [1.82, 2.24) is 0 Å². The number of thiocyanates is 1. The van der Waals surface area contributed by atoms with Crippen LogP contribution in [0.15, 0.2) is 41.3 Å². The molecule has 0 fully saturated rings. The Morgan fingerprint density at radius 3 is 2.50 bits per heavy atom. The van der Waals surface area contributed by atoms with E-state index in [1.807, 2.05) is 12.3 Å². The molecule has 0 aliphatic carbocycles. The Kier molecular flexibility index (Phi) is 7.72. The molecule has 0 spiro atoms. The number of nitrogens with zero attached hydrogens (tertiary/aromatic N) is 1. The van der Waals surface area contributed by atoms with Crippen LogP contribution in [0.25, 0.3) is 0 Å². The molecule has 0 aliphatic heterocycles. The van der Waals surface area contributed by atoms with Crippen molar-refractivity contribution in [2.75, 3.05) is 26.1 Å². The molecular weight excluding hydrogens is 380 g/mol. The second kappa shape index (κ2) is 10.2. The van der Waals surface area contributed by atoms with Gasteiger partial charge in [-0.3, -0.25) is 9.59 Å². The van der Waals surface area contributed by atoms with Crippen LogP contribution < -0.4 is 14.8 Å². The van der Waals surface area contributed by atoms with Gasteiger partial charge >= 0.3 is 5.97 Å². The minimum absolute atomic E-state index is 0.00669. The van der Waals surface area contributed by atoms with Crippen LogP contribution in [0.3, 0.4) is 0 Å². The maximum atomic E-state index is 12.0. The molecule has 0 atom stereocenters. The van der Waals surface area contributed by atoms with Gasteiger partial charge in [0.25, 0.3) is 5.91 Å². The molecular formula is C20H20N2O5S. The zero-order chi connectivity index (χ0) is 20.5. The topological polar surface area (TPSA) is 97.6 Å². The van der Waals surface area contributed by atoms with Crippen LogP contribution in [-0.4, -0.2) is 32.7 Å². The number of esters is 1. The molecule has 0 heterocycles. The molecule has 0 radical (unpaired) electrons. The number of hydrogen-bond acceptors (Lipinski definition) is 7. The van der Waals surface area contributed by atoms with Gasteiger partial charge < -0.3 is 19.5 Å². The largest absolute Gasteiger partial charge is 0.493 e. The van der Waals surface area contributed by atoms with Gasteiger partial charge in [0.05, 0.1) is 20.6 Å². The number of amides is 1. The number of carbonyl (C=O) groups is 2. The number of carbonyl (C=O) groups excluding carboxylic acids is 2. The number of nitriles is 1. The maximum absolute atomic E-state index is 12.0. The van der Waals surface area contributed by atoms with Gasteiger partial charge in [-0.2, -0.15) is 5.26 Å². The number of nitrogens with one attached hydrogen (secondary N) is 1. The van der Waals surface area contributed by atoms with E-state index >= 15 is 0 Å². The molecule has 146 valence electrons. The van der Waals surface area contributed by atoms with E-state index < -0.39 is 11.9 Å². The molecule has 0 saturated carbocycles. The highest BCUT2D eigenvalue weighted by Crippen LogP contribution is 2.27. The predicted octanol–water partition coefficient (Wildman–Crippen LogP) is 3.31. The first-order valence-electron chi connectivity index (χ1n) is 8.29. The summed E-state index contributed by atoms with van der Waals surface area (Å²) in [5.41, 5.74) is 2.10. The summed E-state index contributed by atoms with van der Waals surface area (Å²) in [7, 11) is 3.04. The number of rotatable bonds is 8. The van der Waals surface area contributed by atoms with Crippen molar-refractivity contribution in [3.05, 3.63) is 47.5 Å². The molecule has 2 aromatic rings. The van der Waals surface area contributed by atoms with E-state index in [1.54, 1.807) is 36.4 Å². The molecule has 7 nitrogen and oxygen atoms in total. The lowest BCUT2D eigenvalue weighted by atomic mass is 10.1. The van der Waals surface area contributed by atoms with E-state index in [2.05, 4.69) is 5.32 Å². The zero-order valence-electron chi connectivity index (χ0n) is 15.8. The van der Waals surface area contributed by atoms with Gasteiger partial charge in [-0.15, -0.1) is 0 Å². The van der Waals surface area contributed by atoms with Crippen LogP contribution in [0.2, 0.25) is 0 Å². The number of methoxy groups -OCH3 is 2. The van der Waals surface area contributed by atoms with Gasteiger partial charge in [0.1, 0.15) is 5.40 Å². The summed E-state index contributed by atoms with van der Waals surface area (Å²) < 4.78 is 15.4. The zero-order valence-corrected chi connectivity index (χ0v) is 16.6. The number of hydrogen-bond donors (Lipinski definition) is 1. The lowest BCUT2D eigenvalue weighted by Crippen LogP contribution is -2.22. The maximum Gasteiger partial charge on any atom is 0.310 e. The first-order valence-corrected chi connectivity index (χ1v) is 9.11. The van der Waals surface area contributed by atoms with Gasteiger partial charge in [0.15, 0.2) is 18.1 Å². The quantitative estimate of drug-likeness (QED) is 0.412. The number of ether oxygens (including phenoxy) is 3. The molecule has 1 N–H and O–H groups in total. The third-order valence-electron chi connectivity index (χ3n) is 3.80. The molecule has 1 amide bonds. The highest BCUT2D eigenvalue weighted by atomic mass is 32.2. The Balaban J connectivity index is 1.87. The summed E-state index contributed by atoms with van der Waals surface area (Å²) >= 11 is 1.04. The molecule has 0 aromatic heterocycles. The Hall–Kier alpha value is -3.18. The van der Waals surface area contributed by atoms with Gasteiger partial charge in [0, 0.05) is 10.6 Å². The molecule has 8 heteroatoms. The van der Waals surface area contributed by atoms with Gasteiger partial charge in [-0.25, -0.2) is 0 Å². The molecule has 0 unspecified atom stereocenters. The van der Waals surface area contributed by atoms with Crippen LogP contribution in [0, 0.1) is 17.6 Å².